The number of hydrogen-bond acceptors (Lipinski definition) is 3. The van der Waals surface area contributed by atoms with Crippen LogP contribution in [0.5, 0.6) is 0 Å². The van der Waals surface area contributed by atoms with E-state index in [1.807, 2.05) is 39.0 Å². The van der Waals surface area contributed by atoms with Gasteiger partial charge in [-0.25, -0.2) is 4.68 Å². The van der Waals surface area contributed by atoms with Gasteiger partial charge in [-0.05, 0) is 69.5 Å². The van der Waals surface area contributed by atoms with Crippen LogP contribution in [0.4, 0.5) is 11.4 Å². The summed E-state index contributed by atoms with van der Waals surface area (Å²) in [7, 11) is 0. The van der Waals surface area contributed by atoms with Crippen LogP contribution in [0, 0.1) is 26.7 Å². The number of nitrogens with one attached hydrogen (secondary N) is 2. The summed E-state index contributed by atoms with van der Waals surface area (Å²) < 4.78 is 1.76. The third kappa shape index (κ3) is 4.81. The molecule has 1 heterocycles. The largest absolute Gasteiger partial charge is 0.326 e. The highest BCUT2D eigenvalue weighted by Crippen LogP contribution is 2.31. The van der Waals surface area contributed by atoms with Crippen LogP contribution in [-0.2, 0) is 16.0 Å². The van der Waals surface area contributed by atoms with Crippen molar-refractivity contribution in [3.8, 4) is 5.69 Å². The summed E-state index contributed by atoms with van der Waals surface area (Å²) in [6.07, 6.45) is 2.06. The summed E-state index contributed by atoms with van der Waals surface area (Å²) in [5.74, 6) is -0.00175. The molecule has 2 amide bonds. The first kappa shape index (κ1) is 22.4. The SMILES string of the molecule is Cc1ccc(NC(=O)C2CC2)cc1NC(=O)Cc1c(C)nn(-c2ccc(Cl)c(Cl)c2)c1C. The third-order valence-electron chi connectivity index (χ3n) is 5.65. The molecule has 0 bridgehead atoms. The lowest BCUT2D eigenvalue weighted by Crippen LogP contribution is -2.17. The molecule has 0 atom stereocenters. The second-order valence-electron chi connectivity index (χ2n) is 8.18. The summed E-state index contributed by atoms with van der Waals surface area (Å²) in [4.78, 5) is 24.9. The van der Waals surface area contributed by atoms with E-state index in [2.05, 4.69) is 15.7 Å². The Kier molecular flexibility index (Phi) is 6.26. The topological polar surface area (TPSA) is 76.0 Å². The molecule has 3 aromatic rings. The molecule has 0 saturated heterocycles. The van der Waals surface area contributed by atoms with Crippen molar-refractivity contribution in [1.82, 2.24) is 9.78 Å². The van der Waals surface area contributed by atoms with Gasteiger partial charge in [0.2, 0.25) is 11.8 Å². The van der Waals surface area contributed by atoms with E-state index >= 15 is 0 Å². The molecule has 1 aromatic heterocycles. The van der Waals surface area contributed by atoms with Gasteiger partial charge in [-0.1, -0.05) is 29.3 Å². The van der Waals surface area contributed by atoms with Crippen LogP contribution < -0.4 is 10.6 Å². The number of halogens is 2. The Labute approximate surface area is 196 Å². The number of nitrogens with zero attached hydrogens (tertiary/aromatic N) is 2. The normalized spacial score (nSPS) is 13.2. The molecule has 1 fully saturated rings. The Morgan fingerprint density at radius 3 is 2.47 bits per heavy atom. The van der Waals surface area contributed by atoms with Gasteiger partial charge in [0.05, 0.1) is 27.8 Å². The zero-order chi connectivity index (χ0) is 23.0. The number of rotatable bonds is 6. The molecule has 1 aliphatic rings. The molecule has 32 heavy (non-hydrogen) atoms. The van der Waals surface area contributed by atoms with Crippen molar-refractivity contribution in [3.05, 3.63) is 69.0 Å². The number of aromatic nitrogens is 2. The summed E-state index contributed by atoms with van der Waals surface area (Å²) in [6, 6.07) is 10.8. The average molecular weight is 471 g/mol. The first-order valence-corrected chi connectivity index (χ1v) is 11.2. The Bertz CT molecular complexity index is 1210. The van der Waals surface area contributed by atoms with Crippen molar-refractivity contribution >= 4 is 46.4 Å². The van der Waals surface area contributed by atoms with Gasteiger partial charge < -0.3 is 10.6 Å². The number of carbonyl (C=O) groups excluding carboxylic acids is 2. The highest BCUT2D eigenvalue weighted by atomic mass is 35.5. The Morgan fingerprint density at radius 2 is 1.78 bits per heavy atom. The molecule has 0 unspecified atom stereocenters. The Hall–Kier alpha value is -2.83. The van der Waals surface area contributed by atoms with Crippen LogP contribution in [-0.4, -0.2) is 21.6 Å². The van der Waals surface area contributed by atoms with Gasteiger partial charge in [-0.15, -0.1) is 0 Å². The molecule has 8 heteroatoms. The van der Waals surface area contributed by atoms with Crippen molar-refractivity contribution in [1.29, 1.82) is 0 Å². The first-order chi connectivity index (χ1) is 15.2. The fraction of sp³-hybridized carbons (Fsp3) is 0.292. The van der Waals surface area contributed by atoms with Crippen LogP contribution in [0.1, 0.15) is 35.4 Å². The zero-order valence-electron chi connectivity index (χ0n) is 18.1. The molecule has 166 valence electrons. The predicted octanol–water partition coefficient (Wildman–Crippen LogP) is 5.63. The van der Waals surface area contributed by atoms with E-state index in [9.17, 15) is 9.59 Å². The molecule has 6 nitrogen and oxygen atoms in total. The summed E-state index contributed by atoms with van der Waals surface area (Å²) >= 11 is 12.2. The monoisotopic (exact) mass is 470 g/mol. The fourth-order valence-corrected chi connectivity index (χ4v) is 3.87. The molecule has 0 spiro atoms. The molecule has 0 aliphatic heterocycles. The molecule has 0 radical (unpaired) electrons. The predicted molar refractivity (Wildman–Crippen MR) is 128 cm³/mol. The van der Waals surface area contributed by atoms with E-state index in [-0.39, 0.29) is 24.2 Å². The van der Waals surface area contributed by atoms with E-state index < -0.39 is 0 Å². The molecule has 4 rings (SSSR count). The van der Waals surface area contributed by atoms with E-state index in [1.54, 1.807) is 22.9 Å². The van der Waals surface area contributed by atoms with Gasteiger partial charge in [0.25, 0.3) is 0 Å². The van der Waals surface area contributed by atoms with Crippen LogP contribution in [0.2, 0.25) is 10.0 Å². The van der Waals surface area contributed by atoms with Crippen LogP contribution in [0.15, 0.2) is 36.4 Å². The Balaban J connectivity index is 1.50. The molecular weight excluding hydrogens is 447 g/mol. The maximum absolute atomic E-state index is 12.9. The minimum atomic E-state index is -0.154. The number of benzene rings is 2. The van der Waals surface area contributed by atoms with E-state index in [1.165, 1.54) is 0 Å². The maximum atomic E-state index is 12.9. The standard InChI is InChI=1S/C24H24Cl2N4O2/c1-13-4-7-17(27-24(32)16-5-6-16)10-22(13)28-23(31)12-19-14(2)29-30(15(19)3)18-8-9-20(25)21(26)11-18/h4,7-11,16H,5-6,12H2,1-3H3,(H,27,32)(H,28,31). The molecule has 1 saturated carbocycles. The van der Waals surface area contributed by atoms with Gasteiger partial charge in [-0.3, -0.25) is 9.59 Å². The number of aryl methyl sites for hydroxylation is 2. The minimum absolute atomic E-state index is 0.0343. The van der Waals surface area contributed by atoms with E-state index in [4.69, 9.17) is 23.2 Å². The second-order valence-corrected chi connectivity index (χ2v) is 8.99. The highest BCUT2D eigenvalue weighted by molar-refractivity contribution is 6.42. The quantitative estimate of drug-likeness (QED) is 0.489. The van der Waals surface area contributed by atoms with Crippen molar-refractivity contribution in [2.45, 2.75) is 40.0 Å². The van der Waals surface area contributed by atoms with Gasteiger partial charge in [0, 0.05) is 28.6 Å². The van der Waals surface area contributed by atoms with Crippen molar-refractivity contribution in [2.24, 2.45) is 5.92 Å². The molecular formula is C24H24Cl2N4O2. The van der Waals surface area contributed by atoms with Crippen molar-refractivity contribution in [2.75, 3.05) is 10.6 Å². The van der Waals surface area contributed by atoms with E-state index in [0.717, 1.165) is 41.0 Å². The summed E-state index contributed by atoms with van der Waals surface area (Å²) in [6.45, 7) is 5.72. The van der Waals surface area contributed by atoms with Crippen LogP contribution >= 0.6 is 23.2 Å². The van der Waals surface area contributed by atoms with Crippen molar-refractivity contribution in [3.63, 3.8) is 0 Å². The Morgan fingerprint density at radius 1 is 1.03 bits per heavy atom. The van der Waals surface area contributed by atoms with Gasteiger partial charge in [0.15, 0.2) is 0 Å². The number of carbonyl (C=O) groups is 2. The van der Waals surface area contributed by atoms with Crippen LogP contribution in [0.3, 0.4) is 0 Å². The van der Waals surface area contributed by atoms with Crippen molar-refractivity contribution < 1.29 is 9.59 Å². The smallest absolute Gasteiger partial charge is 0.228 e. The van der Waals surface area contributed by atoms with Gasteiger partial charge in [-0.2, -0.15) is 5.10 Å². The van der Waals surface area contributed by atoms with Crippen LogP contribution in [0.25, 0.3) is 5.69 Å². The van der Waals surface area contributed by atoms with Gasteiger partial charge in [0.1, 0.15) is 0 Å². The lowest BCUT2D eigenvalue weighted by Gasteiger charge is -2.12. The number of anilines is 2. The highest BCUT2D eigenvalue weighted by Gasteiger charge is 2.29. The minimum Gasteiger partial charge on any atom is -0.326 e. The molecule has 2 aromatic carbocycles. The number of amides is 2. The lowest BCUT2D eigenvalue weighted by atomic mass is 10.1. The zero-order valence-corrected chi connectivity index (χ0v) is 19.6. The molecule has 1 aliphatic carbocycles. The summed E-state index contributed by atoms with van der Waals surface area (Å²) in [5, 5.41) is 11.4. The first-order valence-electron chi connectivity index (χ1n) is 10.4. The second kappa shape index (κ2) is 8.96. The van der Waals surface area contributed by atoms with E-state index in [0.29, 0.717) is 21.4 Å². The summed E-state index contributed by atoms with van der Waals surface area (Å²) in [5.41, 5.74) is 5.54. The fourth-order valence-electron chi connectivity index (χ4n) is 3.58. The number of hydrogen-bond donors (Lipinski definition) is 2. The molecule has 2 N–H and O–H groups in total. The average Bonchev–Trinajstić information content (AvgIpc) is 3.56. The van der Waals surface area contributed by atoms with Gasteiger partial charge >= 0.3 is 0 Å². The lowest BCUT2D eigenvalue weighted by molar-refractivity contribution is -0.117. The third-order valence-corrected chi connectivity index (χ3v) is 6.39. The maximum Gasteiger partial charge on any atom is 0.228 e.